The largest absolute Gasteiger partial charge is 0.307 e. The van der Waals surface area contributed by atoms with Crippen LogP contribution in [0.4, 0.5) is 0 Å². The lowest BCUT2D eigenvalue weighted by atomic mass is 10.1. The molecule has 0 amide bonds. The van der Waals surface area contributed by atoms with Crippen LogP contribution in [0.15, 0.2) is 11.6 Å². The van der Waals surface area contributed by atoms with Crippen molar-refractivity contribution in [3.8, 4) is 12.3 Å². The highest BCUT2D eigenvalue weighted by atomic mass is 32.1. The molecule has 0 aliphatic heterocycles. The molecule has 1 N–H and O–H groups in total. The lowest BCUT2D eigenvalue weighted by molar-refractivity contribution is 0.506. The Morgan fingerprint density at radius 3 is 3.15 bits per heavy atom. The lowest BCUT2D eigenvalue weighted by Gasteiger charge is -2.12. The average molecular weight is 194 g/mol. The Morgan fingerprint density at radius 1 is 1.77 bits per heavy atom. The molecule has 0 saturated heterocycles. The summed E-state index contributed by atoms with van der Waals surface area (Å²) in [6.45, 7) is 2.97. The SMILES string of the molecule is C#CCC(CC)NCc1nccs1. The fourth-order valence-corrected chi connectivity index (χ4v) is 1.64. The Kier molecular flexibility index (Phi) is 4.52. The maximum Gasteiger partial charge on any atom is 0.106 e. The molecule has 0 spiro atoms. The van der Waals surface area contributed by atoms with E-state index in [1.807, 2.05) is 11.6 Å². The summed E-state index contributed by atoms with van der Waals surface area (Å²) in [7, 11) is 0. The van der Waals surface area contributed by atoms with Crippen LogP contribution in [-0.4, -0.2) is 11.0 Å². The zero-order valence-corrected chi connectivity index (χ0v) is 8.60. The van der Waals surface area contributed by atoms with Crippen LogP contribution in [0.5, 0.6) is 0 Å². The Balaban J connectivity index is 2.28. The molecule has 1 rings (SSSR count). The molecule has 0 aliphatic carbocycles. The van der Waals surface area contributed by atoms with Crippen LogP contribution in [0.2, 0.25) is 0 Å². The minimum atomic E-state index is 0.425. The zero-order valence-electron chi connectivity index (χ0n) is 7.79. The maximum absolute atomic E-state index is 5.25. The van der Waals surface area contributed by atoms with E-state index >= 15 is 0 Å². The highest BCUT2D eigenvalue weighted by molar-refractivity contribution is 7.09. The van der Waals surface area contributed by atoms with Crippen LogP contribution in [-0.2, 0) is 6.54 Å². The quantitative estimate of drug-likeness (QED) is 0.725. The minimum absolute atomic E-state index is 0.425. The molecule has 0 saturated carbocycles. The Bertz CT molecular complexity index is 261. The molecule has 0 aromatic carbocycles. The summed E-state index contributed by atoms with van der Waals surface area (Å²) < 4.78 is 0. The second-order valence-electron chi connectivity index (χ2n) is 2.82. The third-order valence-corrected chi connectivity index (χ3v) is 2.66. The molecule has 0 fully saturated rings. The highest BCUT2D eigenvalue weighted by Gasteiger charge is 2.03. The van der Waals surface area contributed by atoms with Crippen molar-refractivity contribution in [1.29, 1.82) is 0 Å². The summed E-state index contributed by atoms with van der Waals surface area (Å²) in [6.07, 6.45) is 8.93. The van der Waals surface area contributed by atoms with Gasteiger partial charge in [-0.2, -0.15) is 0 Å². The average Bonchev–Trinajstić information content (AvgIpc) is 2.64. The van der Waals surface area contributed by atoms with E-state index in [4.69, 9.17) is 6.42 Å². The van der Waals surface area contributed by atoms with Gasteiger partial charge in [0.2, 0.25) is 0 Å². The Morgan fingerprint density at radius 2 is 2.62 bits per heavy atom. The highest BCUT2D eigenvalue weighted by Crippen LogP contribution is 2.04. The van der Waals surface area contributed by atoms with Crippen LogP contribution in [0.3, 0.4) is 0 Å². The molecule has 1 unspecified atom stereocenters. The van der Waals surface area contributed by atoms with Crippen LogP contribution in [0, 0.1) is 12.3 Å². The van der Waals surface area contributed by atoms with Crippen molar-refractivity contribution in [3.05, 3.63) is 16.6 Å². The first kappa shape index (κ1) is 10.2. The fourth-order valence-electron chi connectivity index (χ4n) is 1.08. The van der Waals surface area contributed by atoms with Crippen molar-refractivity contribution in [2.45, 2.75) is 32.4 Å². The summed E-state index contributed by atoms with van der Waals surface area (Å²) in [6, 6.07) is 0.425. The van der Waals surface area contributed by atoms with Crippen LogP contribution in [0.1, 0.15) is 24.8 Å². The molecule has 3 heteroatoms. The van der Waals surface area contributed by atoms with Gasteiger partial charge in [0, 0.05) is 30.6 Å². The normalized spacial score (nSPS) is 12.3. The van der Waals surface area contributed by atoms with Gasteiger partial charge in [-0.15, -0.1) is 23.7 Å². The molecular formula is C10H14N2S. The van der Waals surface area contributed by atoms with E-state index in [2.05, 4.69) is 23.1 Å². The number of rotatable bonds is 5. The van der Waals surface area contributed by atoms with Gasteiger partial charge in [0.1, 0.15) is 5.01 Å². The van der Waals surface area contributed by atoms with E-state index in [0.717, 1.165) is 24.4 Å². The van der Waals surface area contributed by atoms with Gasteiger partial charge in [-0.25, -0.2) is 4.98 Å². The van der Waals surface area contributed by atoms with Gasteiger partial charge in [0.05, 0.1) is 0 Å². The topological polar surface area (TPSA) is 24.9 Å². The van der Waals surface area contributed by atoms with E-state index in [1.165, 1.54) is 0 Å². The first-order valence-electron chi connectivity index (χ1n) is 4.42. The van der Waals surface area contributed by atoms with Crippen molar-refractivity contribution in [3.63, 3.8) is 0 Å². The number of hydrogen-bond donors (Lipinski definition) is 1. The van der Waals surface area contributed by atoms with Crippen molar-refractivity contribution in [2.24, 2.45) is 0 Å². The first-order chi connectivity index (χ1) is 6.36. The van der Waals surface area contributed by atoms with Crippen LogP contribution in [0.25, 0.3) is 0 Å². The molecule has 1 heterocycles. The summed E-state index contributed by atoms with van der Waals surface area (Å²) in [5.41, 5.74) is 0. The predicted molar refractivity (Wildman–Crippen MR) is 56.5 cm³/mol. The lowest BCUT2D eigenvalue weighted by Crippen LogP contribution is -2.27. The standard InChI is InChI=1S/C10H14N2S/c1-3-5-9(4-2)12-8-10-11-6-7-13-10/h1,6-7,9,12H,4-5,8H2,2H3. The number of aromatic nitrogens is 1. The first-order valence-corrected chi connectivity index (χ1v) is 5.30. The van der Waals surface area contributed by atoms with Gasteiger partial charge in [-0.3, -0.25) is 0 Å². The molecule has 13 heavy (non-hydrogen) atoms. The molecule has 1 aromatic heterocycles. The molecule has 0 radical (unpaired) electrons. The number of hydrogen-bond acceptors (Lipinski definition) is 3. The number of thiazole rings is 1. The molecule has 0 aliphatic rings. The van der Waals surface area contributed by atoms with Crippen LogP contribution >= 0.6 is 11.3 Å². The van der Waals surface area contributed by atoms with E-state index in [9.17, 15) is 0 Å². The smallest absolute Gasteiger partial charge is 0.106 e. The summed E-state index contributed by atoms with van der Waals surface area (Å²) in [5, 5.41) is 6.48. The van der Waals surface area contributed by atoms with E-state index < -0.39 is 0 Å². The molecule has 0 bridgehead atoms. The Hall–Kier alpha value is -0.850. The van der Waals surface area contributed by atoms with Gasteiger partial charge in [0.15, 0.2) is 0 Å². The van der Waals surface area contributed by atoms with Gasteiger partial charge in [0.25, 0.3) is 0 Å². The van der Waals surface area contributed by atoms with Crippen LogP contribution < -0.4 is 5.32 Å². The number of terminal acetylenes is 1. The van der Waals surface area contributed by atoms with E-state index in [-0.39, 0.29) is 0 Å². The van der Waals surface area contributed by atoms with Crippen molar-refractivity contribution >= 4 is 11.3 Å². The third kappa shape index (κ3) is 3.58. The third-order valence-electron chi connectivity index (χ3n) is 1.88. The molecule has 2 nitrogen and oxygen atoms in total. The monoisotopic (exact) mass is 194 g/mol. The second kappa shape index (κ2) is 5.74. The Labute approximate surface area is 83.4 Å². The molecule has 70 valence electrons. The van der Waals surface area contributed by atoms with Gasteiger partial charge >= 0.3 is 0 Å². The maximum atomic E-state index is 5.25. The summed E-state index contributed by atoms with van der Waals surface area (Å²) in [4.78, 5) is 4.19. The minimum Gasteiger partial charge on any atom is -0.307 e. The van der Waals surface area contributed by atoms with Crippen molar-refractivity contribution in [1.82, 2.24) is 10.3 Å². The molecule has 1 atom stereocenters. The van der Waals surface area contributed by atoms with E-state index in [0.29, 0.717) is 6.04 Å². The number of nitrogens with zero attached hydrogens (tertiary/aromatic N) is 1. The predicted octanol–water partition coefficient (Wildman–Crippen LogP) is 2.03. The van der Waals surface area contributed by atoms with Gasteiger partial charge in [-0.05, 0) is 6.42 Å². The summed E-state index contributed by atoms with van der Waals surface area (Å²) in [5.74, 6) is 2.67. The summed E-state index contributed by atoms with van der Waals surface area (Å²) >= 11 is 1.67. The van der Waals surface area contributed by atoms with Crippen molar-refractivity contribution in [2.75, 3.05) is 0 Å². The van der Waals surface area contributed by atoms with Crippen molar-refractivity contribution < 1.29 is 0 Å². The van der Waals surface area contributed by atoms with Gasteiger partial charge < -0.3 is 5.32 Å². The molecular weight excluding hydrogens is 180 g/mol. The van der Waals surface area contributed by atoms with E-state index in [1.54, 1.807) is 11.3 Å². The zero-order chi connectivity index (χ0) is 9.52. The second-order valence-corrected chi connectivity index (χ2v) is 3.80. The molecule has 1 aromatic rings. The fraction of sp³-hybridized carbons (Fsp3) is 0.500. The van der Waals surface area contributed by atoms with Gasteiger partial charge in [-0.1, -0.05) is 6.92 Å². The number of nitrogens with one attached hydrogen (secondary N) is 1.